The summed E-state index contributed by atoms with van der Waals surface area (Å²) in [6.45, 7) is 6.96. The number of hydrogen-bond acceptors (Lipinski definition) is 4. The van der Waals surface area contributed by atoms with Crippen LogP contribution in [0, 0.1) is 0 Å². The Morgan fingerprint density at radius 2 is 1.61 bits per heavy atom. The third-order valence-corrected chi connectivity index (χ3v) is 4.45. The van der Waals surface area contributed by atoms with Gasteiger partial charge < -0.3 is 14.7 Å². The molecule has 1 aliphatic heterocycles. The van der Waals surface area contributed by atoms with Crippen LogP contribution in [-0.2, 0) is 9.53 Å². The molecule has 0 spiro atoms. The van der Waals surface area contributed by atoms with E-state index in [0.717, 1.165) is 45.3 Å². The molecule has 0 radical (unpaired) electrons. The van der Waals surface area contributed by atoms with Gasteiger partial charge in [-0.15, -0.1) is 0 Å². The van der Waals surface area contributed by atoms with E-state index in [1.807, 2.05) is 13.8 Å². The monoisotopic (exact) mass is 327 g/mol. The molecule has 1 atom stereocenters. The Bertz CT molecular complexity index is 301. The first kappa shape index (κ1) is 20.4. The molecule has 0 aromatic carbocycles. The second-order valence-electron chi connectivity index (χ2n) is 7.21. The number of aliphatic hydroxyl groups is 1. The minimum atomic E-state index is -0.154. The maximum Gasteiger partial charge on any atom is 0.306 e. The maximum absolute atomic E-state index is 11.4. The van der Waals surface area contributed by atoms with E-state index in [1.165, 1.54) is 38.5 Å². The van der Waals surface area contributed by atoms with Crippen LogP contribution in [0.2, 0.25) is 0 Å². The van der Waals surface area contributed by atoms with Crippen molar-refractivity contribution < 1.29 is 14.6 Å². The van der Waals surface area contributed by atoms with Gasteiger partial charge >= 0.3 is 5.97 Å². The minimum absolute atomic E-state index is 0.00105. The number of ether oxygens (including phenoxy) is 1. The molecule has 4 nitrogen and oxygen atoms in total. The van der Waals surface area contributed by atoms with E-state index in [4.69, 9.17) is 4.74 Å². The lowest BCUT2D eigenvalue weighted by molar-refractivity contribution is -0.147. The SMILES string of the molecule is CC(C)OC(=O)CCCCCCCC[C@@H](O)CN1CCCCC1. The number of carbonyl (C=O) groups is 1. The standard InChI is InChI=1S/C19H37NO3/c1-17(2)23-19(22)13-9-6-4-3-5-8-12-18(21)16-20-14-10-7-11-15-20/h17-18,21H,3-16H2,1-2H3/t18-/m1/s1. The summed E-state index contributed by atoms with van der Waals surface area (Å²) in [6.07, 6.45) is 12.0. The fourth-order valence-electron chi connectivity index (χ4n) is 3.21. The Morgan fingerprint density at radius 1 is 1.00 bits per heavy atom. The predicted octanol–water partition coefficient (Wildman–Crippen LogP) is 3.91. The fraction of sp³-hybridized carbons (Fsp3) is 0.947. The zero-order valence-electron chi connectivity index (χ0n) is 15.3. The van der Waals surface area contributed by atoms with Crippen LogP contribution < -0.4 is 0 Å². The van der Waals surface area contributed by atoms with Crippen molar-refractivity contribution in [2.24, 2.45) is 0 Å². The molecule has 0 aromatic rings. The number of carbonyl (C=O) groups excluding carboxylic acids is 1. The molecular formula is C19H37NO3. The Hall–Kier alpha value is -0.610. The Kier molecular flexibility index (Phi) is 11.3. The van der Waals surface area contributed by atoms with Crippen molar-refractivity contribution in [3.63, 3.8) is 0 Å². The van der Waals surface area contributed by atoms with Crippen molar-refractivity contribution in [1.29, 1.82) is 0 Å². The first-order valence-electron chi connectivity index (χ1n) is 9.68. The van der Waals surface area contributed by atoms with Gasteiger partial charge in [-0.1, -0.05) is 38.5 Å². The molecule has 0 aromatic heterocycles. The molecule has 23 heavy (non-hydrogen) atoms. The topological polar surface area (TPSA) is 49.8 Å². The van der Waals surface area contributed by atoms with Crippen molar-refractivity contribution in [1.82, 2.24) is 4.90 Å². The number of rotatable bonds is 12. The highest BCUT2D eigenvalue weighted by Gasteiger charge is 2.14. The first-order valence-corrected chi connectivity index (χ1v) is 9.68. The third-order valence-electron chi connectivity index (χ3n) is 4.45. The summed E-state index contributed by atoms with van der Waals surface area (Å²) in [4.78, 5) is 13.8. The number of nitrogens with zero attached hydrogens (tertiary/aromatic N) is 1. The first-order chi connectivity index (χ1) is 11.1. The molecule has 0 aliphatic carbocycles. The van der Waals surface area contributed by atoms with E-state index in [0.29, 0.717) is 6.42 Å². The van der Waals surface area contributed by atoms with Crippen LogP contribution >= 0.6 is 0 Å². The number of β-amino-alcohol motifs (C(OH)–C–C–N with tert-alkyl or cyclic N) is 1. The van der Waals surface area contributed by atoms with Crippen LogP contribution in [0.3, 0.4) is 0 Å². The molecule has 0 bridgehead atoms. The number of hydrogen-bond donors (Lipinski definition) is 1. The van der Waals surface area contributed by atoms with Crippen molar-refractivity contribution in [2.75, 3.05) is 19.6 Å². The van der Waals surface area contributed by atoms with Gasteiger partial charge in [0.15, 0.2) is 0 Å². The van der Waals surface area contributed by atoms with Crippen LogP contribution in [0.15, 0.2) is 0 Å². The lowest BCUT2D eigenvalue weighted by Gasteiger charge is -2.28. The molecule has 1 saturated heterocycles. The van der Waals surface area contributed by atoms with Gasteiger partial charge in [-0.2, -0.15) is 0 Å². The number of unbranched alkanes of at least 4 members (excludes halogenated alkanes) is 5. The fourth-order valence-corrected chi connectivity index (χ4v) is 3.21. The Labute approximate surface area is 142 Å². The molecule has 1 aliphatic rings. The zero-order chi connectivity index (χ0) is 16.9. The number of piperidine rings is 1. The van der Waals surface area contributed by atoms with Crippen molar-refractivity contribution in [2.45, 2.75) is 96.7 Å². The summed E-state index contributed by atoms with van der Waals surface area (Å²) in [7, 11) is 0. The van der Waals surface area contributed by atoms with Gasteiger partial charge in [-0.25, -0.2) is 0 Å². The van der Waals surface area contributed by atoms with Gasteiger partial charge in [-0.05, 0) is 52.6 Å². The van der Waals surface area contributed by atoms with E-state index in [-0.39, 0.29) is 18.2 Å². The summed E-state index contributed by atoms with van der Waals surface area (Å²) >= 11 is 0. The third kappa shape index (κ3) is 11.5. The minimum Gasteiger partial charge on any atom is -0.463 e. The molecule has 1 heterocycles. The summed E-state index contributed by atoms with van der Waals surface area (Å²) < 4.78 is 5.11. The quantitative estimate of drug-likeness (QED) is 0.436. The van der Waals surface area contributed by atoms with Gasteiger partial charge in [0.25, 0.3) is 0 Å². The molecule has 1 N–H and O–H groups in total. The number of likely N-dealkylation sites (tertiary alicyclic amines) is 1. The van der Waals surface area contributed by atoms with Crippen LogP contribution in [0.4, 0.5) is 0 Å². The second kappa shape index (κ2) is 12.8. The zero-order valence-corrected chi connectivity index (χ0v) is 15.3. The van der Waals surface area contributed by atoms with E-state index in [9.17, 15) is 9.90 Å². The number of aliphatic hydroxyl groups excluding tert-OH is 1. The summed E-state index contributed by atoms with van der Waals surface area (Å²) in [5, 5.41) is 10.1. The largest absolute Gasteiger partial charge is 0.463 e. The van der Waals surface area contributed by atoms with E-state index in [1.54, 1.807) is 0 Å². The molecular weight excluding hydrogens is 290 g/mol. The maximum atomic E-state index is 11.4. The van der Waals surface area contributed by atoms with Gasteiger partial charge in [0.2, 0.25) is 0 Å². The van der Waals surface area contributed by atoms with Gasteiger partial charge in [0, 0.05) is 13.0 Å². The van der Waals surface area contributed by atoms with Crippen molar-refractivity contribution >= 4 is 5.97 Å². The highest BCUT2D eigenvalue weighted by atomic mass is 16.5. The molecule has 4 heteroatoms. The molecule has 0 amide bonds. The lowest BCUT2D eigenvalue weighted by Crippen LogP contribution is -2.36. The molecule has 1 fully saturated rings. The van der Waals surface area contributed by atoms with Crippen molar-refractivity contribution in [3.8, 4) is 0 Å². The molecule has 0 unspecified atom stereocenters. The van der Waals surface area contributed by atoms with Gasteiger partial charge in [-0.3, -0.25) is 4.79 Å². The Morgan fingerprint density at radius 3 is 2.26 bits per heavy atom. The van der Waals surface area contributed by atoms with Gasteiger partial charge in [0.05, 0.1) is 12.2 Å². The number of esters is 1. The van der Waals surface area contributed by atoms with E-state index < -0.39 is 0 Å². The average molecular weight is 328 g/mol. The highest BCUT2D eigenvalue weighted by molar-refractivity contribution is 5.69. The van der Waals surface area contributed by atoms with E-state index >= 15 is 0 Å². The average Bonchev–Trinajstić information content (AvgIpc) is 2.50. The summed E-state index contributed by atoms with van der Waals surface area (Å²) in [5.41, 5.74) is 0. The molecule has 1 rings (SSSR count). The smallest absolute Gasteiger partial charge is 0.306 e. The van der Waals surface area contributed by atoms with Crippen LogP contribution in [-0.4, -0.2) is 47.8 Å². The molecule has 136 valence electrons. The molecule has 0 saturated carbocycles. The normalized spacial score (nSPS) is 17.4. The highest BCUT2D eigenvalue weighted by Crippen LogP contribution is 2.13. The van der Waals surface area contributed by atoms with E-state index in [2.05, 4.69) is 4.90 Å². The van der Waals surface area contributed by atoms with Crippen molar-refractivity contribution in [3.05, 3.63) is 0 Å². The Balaban J connectivity index is 1.86. The summed E-state index contributed by atoms with van der Waals surface area (Å²) in [6, 6.07) is 0. The lowest BCUT2D eigenvalue weighted by atomic mass is 10.0. The van der Waals surface area contributed by atoms with Crippen LogP contribution in [0.5, 0.6) is 0 Å². The second-order valence-corrected chi connectivity index (χ2v) is 7.21. The van der Waals surface area contributed by atoms with Crippen LogP contribution in [0.1, 0.15) is 84.5 Å². The predicted molar refractivity (Wildman–Crippen MR) is 94.5 cm³/mol. The van der Waals surface area contributed by atoms with Crippen LogP contribution in [0.25, 0.3) is 0 Å². The van der Waals surface area contributed by atoms with Gasteiger partial charge in [0.1, 0.15) is 0 Å². The summed E-state index contributed by atoms with van der Waals surface area (Å²) in [5.74, 6) is -0.0687.